The van der Waals surface area contributed by atoms with E-state index in [-0.39, 0.29) is 30.3 Å². The highest BCUT2D eigenvalue weighted by Crippen LogP contribution is 2.32. The average molecular weight is 436 g/mol. The number of aryl methyl sites for hydroxylation is 1. The van der Waals surface area contributed by atoms with Gasteiger partial charge in [-0.3, -0.25) is 14.4 Å². The number of aromatic nitrogens is 2. The van der Waals surface area contributed by atoms with Crippen molar-refractivity contribution in [3.63, 3.8) is 0 Å². The summed E-state index contributed by atoms with van der Waals surface area (Å²) in [5.41, 5.74) is 0.842. The topological polar surface area (TPSA) is 103 Å². The number of nitrogens with zero attached hydrogens (tertiary/aromatic N) is 3. The van der Waals surface area contributed by atoms with Crippen LogP contribution in [0.4, 0.5) is 5.69 Å². The summed E-state index contributed by atoms with van der Waals surface area (Å²) in [5.74, 6) is 0.637. The number of rotatable bonds is 6. The van der Waals surface area contributed by atoms with Crippen molar-refractivity contribution >= 4 is 28.3 Å². The van der Waals surface area contributed by atoms with Crippen LogP contribution in [0.3, 0.4) is 0 Å². The lowest BCUT2D eigenvalue weighted by molar-refractivity contribution is -0.133. The Bertz CT molecular complexity index is 1240. The van der Waals surface area contributed by atoms with Gasteiger partial charge in [-0.25, -0.2) is 4.68 Å². The first-order valence-electron chi connectivity index (χ1n) is 10.4. The van der Waals surface area contributed by atoms with Crippen LogP contribution in [0.5, 0.6) is 11.5 Å². The second-order valence-electron chi connectivity index (χ2n) is 7.41. The minimum Gasteiger partial charge on any atom is -0.486 e. The van der Waals surface area contributed by atoms with Crippen molar-refractivity contribution in [3.8, 4) is 11.5 Å². The zero-order chi connectivity index (χ0) is 22.7. The number of anilines is 1. The van der Waals surface area contributed by atoms with Crippen LogP contribution < -0.4 is 20.3 Å². The number of fused-ring (bicyclic) bond motifs is 2. The highest BCUT2D eigenvalue weighted by Gasteiger charge is 2.20. The second-order valence-corrected chi connectivity index (χ2v) is 7.41. The van der Waals surface area contributed by atoms with Crippen LogP contribution in [-0.2, 0) is 23.1 Å². The molecule has 0 aliphatic carbocycles. The summed E-state index contributed by atoms with van der Waals surface area (Å²) in [5, 5.41) is 8.21. The zero-order valence-electron chi connectivity index (χ0n) is 18.0. The van der Waals surface area contributed by atoms with E-state index in [4.69, 9.17) is 9.47 Å². The van der Waals surface area contributed by atoms with Gasteiger partial charge in [0.15, 0.2) is 11.5 Å². The van der Waals surface area contributed by atoms with Crippen LogP contribution in [-0.4, -0.2) is 52.8 Å². The van der Waals surface area contributed by atoms with E-state index in [0.717, 1.165) is 0 Å². The number of carbonyl (C=O) groups excluding carboxylic acids is 2. The molecule has 32 heavy (non-hydrogen) atoms. The van der Waals surface area contributed by atoms with Gasteiger partial charge in [0.05, 0.1) is 24.0 Å². The standard InChI is InChI=1S/C23H24N4O5/c1-3-27(14-21(28)24-15-8-9-19-20(12-15)32-11-10-31-19)22(29)13-18-16-6-4-5-7-17(16)23(30)26(2)25-18/h4-9,12H,3,10-11,13-14H2,1-2H3,(H,24,28). The first-order chi connectivity index (χ1) is 15.5. The van der Waals surface area contributed by atoms with Crippen LogP contribution >= 0.6 is 0 Å². The van der Waals surface area contributed by atoms with Crippen molar-refractivity contribution in [2.75, 3.05) is 31.6 Å². The lowest BCUT2D eigenvalue weighted by atomic mass is 10.1. The molecule has 9 nitrogen and oxygen atoms in total. The van der Waals surface area contributed by atoms with Crippen LogP contribution in [0.1, 0.15) is 12.6 Å². The molecule has 0 radical (unpaired) electrons. The molecule has 9 heteroatoms. The molecule has 0 fully saturated rings. The van der Waals surface area contributed by atoms with E-state index in [1.54, 1.807) is 49.5 Å². The van der Waals surface area contributed by atoms with Gasteiger partial charge >= 0.3 is 0 Å². The maximum absolute atomic E-state index is 12.9. The van der Waals surface area contributed by atoms with E-state index in [9.17, 15) is 14.4 Å². The quantitative estimate of drug-likeness (QED) is 0.631. The van der Waals surface area contributed by atoms with Gasteiger partial charge in [-0.2, -0.15) is 5.10 Å². The summed E-state index contributed by atoms with van der Waals surface area (Å²) in [4.78, 5) is 39.3. The number of carbonyl (C=O) groups is 2. The van der Waals surface area contributed by atoms with Gasteiger partial charge in [-0.15, -0.1) is 0 Å². The van der Waals surface area contributed by atoms with E-state index >= 15 is 0 Å². The smallest absolute Gasteiger partial charge is 0.274 e. The molecule has 0 saturated carbocycles. The Hall–Kier alpha value is -3.88. The summed E-state index contributed by atoms with van der Waals surface area (Å²) in [6.45, 7) is 3.01. The molecule has 2 amide bonds. The molecule has 0 bridgehead atoms. The van der Waals surface area contributed by atoms with Crippen molar-refractivity contribution in [1.29, 1.82) is 0 Å². The summed E-state index contributed by atoms with van der Waals surface area (Å²) >= 11 is 0. The molecule has 1 aromatic heterocycles. The highest BCUT2D eigenvalue weighted by molar-refractivity contribution is 5.95. The summed E-state index contributed by atoms with van der Waals surface area (Å²) in [6, 6.07) is 12.2. The minimum absolute atomic E-state index is 0.0141. The maximum atomic E-state index is 12.9. The van der Waals surface area contributed by atoms with Crippen molar-refractivity contribution in [1.82, 2.24) is 14.7 Å². The van der Waals surface area contributed by atoms with Crippen LogP contribution in [0, 0.1) is 0 Å². The van der Waals surface area contributed by atoms with E-state index in [2.05, 4.69) is 10.4 Å². The van der Waals surface area contributed by atoms with E-state index in [1.165, 1.54) is 9.58 Å². The van der Waals surface area contributed by atoms with Crippen LogP contribution in [0.2, 0.25) is 0 Å². The average Bonchev–Trinajstić information content (AvgIpc) is 2.80. The Kier molecular flexibility index (Phi) is 6.07. The molecule has 2 heterocycles. The molecule has 0 saturated heterocycles. The fourth-order valence-electron chi connectivity index (χ4n) is 3.63. The van der Waals surface area contributed by atoms with Crippen molar-refractivity contribution in [2.24, 2.45) is 7.05 Å². The third-order valence-corrected chi connectivity index (χ3v) is 5.25. The van der Waals surface area contributed by atoms with Crippen molar-refractivity contribution in [3.05, 3.63) is 58.5 Å². The summed E-state index contributed by atoms with van der Waals surface area (Å²) in [7, 11) is 1.56. The Labute approximate surface area is 184 Å². The van der Waals surface area contributed by atoms with Crippen molar-refractivity contribution < 1.29 is 19.1 Å². The van der Waals surface area contributed by atoms with E-state index in [0.29, 0.717) is 53.4 Å². The summed E-state index contributed by atoms with van der Waals surface area (Å²) < 4.78 is 12.2. The predicted molar refractivity (Wildman–Crippen MR) is 119 cm³/mol. The number of nitrogens with one attached hydrogen (secondary N) is 1. The lowest BCUT2D eigenvalue weighted by Crippen LogP contribution is -2.39. The summed E-state index contributed by atoms with van der Waals surface area (Å²) in [6.07, 6.45) is -0.0141. The highest BCUT2D eigenvalue weighted by atomic mass is 16.6. The molecule has 0 atom stereocenters. The predicted octanol–water partition coefficient (Wildman–Crippen LogP) is 1.73. The van der Waals surface area contributed by atoms with Gasteiger partial charge in [0, 0.05) is 30.7 Å². The first kappa shape index (κ1) is 21.4. The Balaban J connectivity index is 1.46. The minimum atomic E-state index is -0.324. The van der Waals surface area contributed by atoms with Gasteiger partial charge in [0.2, 0.25) is 11.8 Å². The maximum Gasteiger partial charge on any atom is 0.274 e. The number of amides is 2. The number of likely N-dealkylation sites (N-methyl/N-ethyl adjacent to an activating group) is 1. The largest absolute Gasteiger partial charge is 0.486 e. The molecule has 1 aliphatic heterocycles. The Morgan fingerprint density at radius 2 is 1.81 bits per heavy atom. The first-order valence-corrected chi connectivity index (χ1v) is 10.4. The van der Waals surface area contributed by atoms with Crippen molar-refractivity contribution in [2.45, 2.75) is 13.3 Å². The number of hydrogen-bond acceptors (Lipinski definition) is 6. The van der Waals surface area contributed by atoms with Crippen LogP contribution in [0.15, 0.2) is 47.3 Å². The molecule has 1 aliphatic rings. The molecule has 0 unspecified atom stereocenters. The molecule has 3 aromatic rings. The Morgan fingerprint density at radius 3 is 2.56 bits per heavy atom. The molecule has 1 N–H and O–H groups in total. The monoisotopic (exact) mass is 436 g/mol. The van der Waals surface area contributed by atoms with Gasteiger partial charge in [-0.1, -0.05) is 18.2 Å². The SMILES string of the molecule is CCN(CC(=O)Nc1ccc2c(c1)OCCO2)C(=O)Cc1nn(C)c(=O)c2ccccc12. The second kappa shape index (κ2) is 9.09. The molecule has 4 rings (SSSR count). The van der Waals surface area contributed by atoms with Gasteiger partial charge in [-0.05, 0) is 25.1 Å². The van der Waals surface area contributed by atoms with E-state index < -0.39 is 0 Å². The van der Waals surface area contributed by atoms with Gasteiger partial charge < -0.3 is 19.7 Å². The molecular formula is C23H24N4O5. The van der Waals surface area contributed by atoms with Gasteiger partial charge in [0.1, 0.15) is 13.2 Å². The fourth-order valence-corrected chi connectivity index (χ4v) is 3.63. The number of ether oxygens (including phenoxy) is 2. The molecular weight excluding hydrogens is 412 g/mol. The molecule has 0 spiro atoms. The zero-order valence-corrected chi connectivity index (χ0v) is 18.0. The number of hydrogen-bond donors (Lipinski definition) is 1. The third-order valence-electron chi connectivity index (χ3n) is 5.25. The lowest BCUT2D eigenvalue weighted by Gasteiger charge is -2.21. The van der Waals surface area contributed by atoms with E-state index in [1.807, 2.05) is 6.92 Å². The normalized spacial score (nSPS) is 12.4. The van der Waals surface area contributed by atoms with Gasteiger partial charge in [0.25, 0.3) is 5.56 Å². The van der Waals surface area contributed by atoms with Crippen LogP contribution in [0.25, 0.3) is 10.8 Å². The molecule has 166 valence electrons. The Morgan fingerprint density at radius 1 is 1.09 bits per heavy atom. The molecule has 2 aromatic carbocycles. The fraction of sp³-hybridized carbons (Fsp3) is 0.304. The third kappa shape index (κ3) is 4.41. The number of benzene rings is 2.